The van der Waals surface area contributed by atoms with Gasteiger partial charge in [0.2, 0.25) is 5.88 Å². The molecule has 12 rings (SSSR count). The molecule has 6 aromatic heterocycles. The summed E-state index contributed by atoms with van der Waals surface area (Å²) >= 11 is 6.29. The minimum atomic E-state index is -4.30. The Morgan fingerprint density at radius 1 is 0.595 bits per heavy atom. The van der Waals surface area contributed by atoms with Crippen LogP contribution in [0.4, 0.5) is 38.0 Å². The van der Waals surface area contributed by atoms with Crippen LogP contribution >= 0.6 is 11.6 Å². The van der Waals surface area contributed by atoms with Crippen molar-refractivity contribution in [2.24, 2.45) is 11.8 Å². The predicted octanol–water partition coefficient (Wildman–Crippen LogP) is 13.3. The number of hydrogen-bond donors (Lipinski definition) is 2. The summed E-state index contributed by atoms with van der Waals surface area (Å²) in [5.41, 5.74) is 5.05. The zero-order valence-corrected chi connectivity index (χ0v) is 43.5. The SMILES string of the molecule is C.C.CC1(C)O[C@@H]2[C@@H](CCc3ccc4ccc(NCC(F)(F)F)nc4c3)C[C@@H](n3ccc4c(Cl)ncnc43)[C@@H]2O1.COc1ncnc2c1ccn2[C@@H]1C[C@H](CCc2ccc3ccc(NCC(F)(F)F)nc3c2)[C@H]2OC(C)(C)O[C@H]21. The lowest BCUT2D eigenvalue weighted by atomic mass is 9.95. The molecule has 2 aliphatic heterocycles. The molecule has 2 saturated carbocycles. The number of alkyl halides is 6. The Morgan fingerprint density at radius 2 is 1.03 bits per heavy atom. The maximum absolute atomic E-state index is 12.6. The van der Waals surface area contributed by atoms with Crippen molar-refractivity contribution in [1.29, 1.82) is 0 Å². The van der Waals surface area contributed by atoms with Crippen molar-refractivity contribution in [2.45, 2.75) is 141 Å². The van der Waals surface area contributed by atoms with Crippen LogP contribution in [-0.2, 0) is 31.8 Å². The Morgan fingerprint density at radius 3 is 1.49 bits per heavy atom. The Balaban J connectivity index is 0.000000187. The van der Waals surface area contributed by atoms with Crippen LogP contribution in [0.15, 0.2) is 97.8 Å². The van der Waals surface area contributed by atoms with Gasteiger partial charge in [-0.1, -0.05) is 50.7 Å². The topological polar surface area (TPSA) is 157 Å². The van der Waals surface area contributed by atoms with Crippen molar-refractivity contribution in [2.75, 3.05) is 30.8 Å². The molecule has 2 saturated heterocycles. The number of ether oxygens (including phenoxy) is 5. The lowest BCUT2D eigenvalue weighted by molar-refractivity contribution is -0.160. The van der Waals surface area contributed by atoms with Gasteiger partial charge in [0.05, 0.1) is 53.2 Å². The first-order chi connectivity index (χ1) is 36.7. The van der Waals surface area contributed by atoms with Crippen LogP contribution in [0.1, 0.15) is 91.4 Å². The number of hydrogen-bond acceptors (Lipinski definition) is 13. The van der Waals surface area contributed by atoms with E-state index in [4.69, 9.17) is 35.3 Å². The second-order valence-electron chi connectivity index (χ2n) is 21.2. The van der Waals surface area contributed by atoms with Crippen LogP contribution in [0, 0.1) is 11.8 Å². The molecule has 0 spiro atoms. The van der Waals surface area contributed by atoms with Gasteiger partial charge in [-0.15, -0.1) is 0 Å². The number of halogens is 7. The van der Waals surface area contributed by atoms with Crippen LogP contribution in [0.2, 0.25) is 5.15 Å². The maximum Gasteiger partial charge on any atom is 0.405 e. The fraction of sp³-hybridized carbons (Fsp3) is 0.474. The number of benzene rings is 2. The summed E-state index contributed by atoms with van der Waals surface area (Å²) in [5.74, 6) is 0.0572. The first-order valence-electron chi connectivity index (χ1n) is 25.6. The van der Waals surface area contributed by atoms with Crippen molar-refractivity contribution in [3.63, 3.8) is 0 Å². The highest BCUT2D eigenvalue weighted by Crippen LogP contribution is 2.51. The average Bonchev–Trinajstić information content (AvgIpc) is 4.26. The molecule has 79 heavy (non-hydrogen) atoms. The third-order valence-electron chi connectivity index (χ3n) is 15.0. The molecule has 4 fully saturated rings. The fourth-order valence-corrected chi connectivity index (χ4v) is 11.9. The number of nitrogens with zero attached hydrogens (tertiary/aromatic N) is 8. The molecule has 0 radical (unpaired) electrons. The molecule has 0 bridgehead atoms. The van der Waals surface area contributed by atoms with Gasteiger partial charge in [-0.3, -0.25) is 0 Å². The van der Waals surface area contributed by atoms with Crippen molar-refractivity contribution in [1.82, 2.24) is 39.0 Å². The molecule has 4 aliphatic rings. The number of methoxy groups -OCH3 is 1. The second kappa shape index (κ2) is 22.3. The Kier molecular flexibility index (Phi) is 16.2. The van der Waals surface area contributed by atoms with Gasteiger partial charge < -0.3 is 43.5 Å². The predicted molar refractivity (Wildman–Crippen MR) is 291 cm³/mol. The number of aryl methyl sites for hydroxylation is 2. The van der Waals surface area contributed by atoms with E-state index >= 15 is 0 Å². The van der Waals surface area contributed by atoms with Gasteiger partial charge in [-0.25, -0.2) is 29.9 Å². The van der Waals surface area contributed by atoms with E-state index in [1.807, 2.05) is 82.6 Å². The summed E-state index contributed by atoms with van der Waals surface area (Å²) in [4.78, 5) is 26.1. The van der Waals surface area contributed by atoms with E-state index in [9.17, 15) is 26.3 Å². The first kappa shape index (κ1) is 57.3. The summed E-state index contributed by atoms with van der Waals surface area (Å²) in [6, 6.07) is 22.6. The quantitative estimate of drug-likeness (QED) is 0.0831. The summed E-state index contributed by atoms with van der Waals surface area (Å²) in [6.07, 6.45) is 3.00. The minimum absolute atomic E-state index is 0. The summed E-state index contributed by atoms with van der Waals surface area (Å²) < 4.78 is 111. The molecular weight excluding hydrogens is 1050 g/mol. The van der Waals surface area contributed by atoms with Crippen LogP contribution in [0.5, 0.6) is 5.88 Å². The summed E-state index contributed by atoms with van der Waals surface area (Å²) in [7, 11) is 1.60. The largest absolute Gasteiger partial charge is 0.480 e. The number of aromatic nitrogens is 8. The number of rotatable bonds is 13. The Labute approximate surface area is 458 Å². The van der Waals surface area contributed by atoms with Gasteiger partial charge in [0, 0.05) is 23.2 Å². The molecule has 15 nitrogen and oxygen atoms in total. The van der Waals surface area contributed by atoms with Gasteiger partial charge in [0.15, 0.2) is 11.6 Å². The second-order valence-corrected chi connectivity index (χ2v) is 21.5. The summed E-state index contributed by atoms with van der Waals surface area (Å²) in [6.45, 7) is 5.52. The standard InChI is InChI=1S/C28H30F3N5O3.C27H27ClF3N5O2.2CH4/c1-27(2)38-23-18(13-21(24(23)39-27)36-11-10-19-25(36)33-15-34-26(19)37-3)7-5-16-4-6-17-8-9-22(35-20(17)12-16)32-14-28(29,30)31;1-26(2)37-22-17(12-20(23(22)38-26)36-10-9-18-24(28)33-14-34-25(18)36)6-4-15-3-5-16-7-8-21(35-19(16)11-15)32-13-27(29,30)31;;/h4,6,8-12,15,18,21,23-24H,5,7,13-14H2,1-3H3,(H,32,35);3,5,7-11,14,17,20,22-23H,4,6,12-13H2,1-2H3,(H,32,35);2*1H4/t18-,21+,23+,24-;17-,20+,22+,23-;;/m00../s1. The maximum atomic E-state index is 12.6. The molecular formula is C57H65ClF6N10O5. The van der Waals surface area contributed by atoms with Crippen molar-refractivity contribution in [3.8, 4) is 5.88 Å². The molecule has 8 heterocycles. The van der Waals surface area contributed by atoms with Gasteiger partial charge in [0.25, 0.3) is 0 Å². The smallest absolute Gasteiger partial charge is 0.405 e. The van der Waals surface area contributed by atoms with Crippen LogP contribution in [0.25, 0.3) is 43.9 Å². The van der Waals surface area contributed by atoms with Crippen LogP contribution in [0.3, 0.4) is 0 Å². The van der Waals surface area contributed by atoms with Gasteiger partial charge in [-0.2, -0.15) is 26.3 Å². The Hall–Kier alpha value is -6.39. The van der Waals surface area contributed by atoms with Crippen LogP contribution in [-0.4, -0.2) is 108 Å². The van der Waals surface area contributed by atoms with Crippen molar-refractivity contribution < 1.29 is 50.0 Å². The van der Waals surface area contributed by atoms with Gasteiger partial charge >= 0.3 is 12.4 Å². The van der Waals surface area contributed by atoms with E-state index in [1.165, 1.54) is 12.7 Å². The van der Waals surface area contributed by atoms with E-state index in [-0.39, 0.29) is 74.8 Å². The van der Waals surface area contributed by atoms with Gasteiger partial charge in [0.1, 0.15) is 66.0 Å². The number of nitrogens with one attached hydrogen (secondary N) is 2. The van der Waals surface area contributed by atoms with Crippen molar-refractivity contribution in [3.05, 3.63) is 114 Å². The number of anilines is 2. The highest BCUT2D eigenvalue weighted by atomic mass is 35.5. The Bertz CT molecular complexity index is 3450. The molecule has 2 aliphatic carbocycles. The van der Waals surface area contributed by atoms with E-state index in [0.717, 1.165) is 82.5 Å². The molecule has 0 unspecified atom stereocenters. The minimum Gasteiger partial charge on any atom is -0.480 e. The zero-order chi connectivity index (χ0) is 54.0. The van der Waals surface area contributed by atoms with E-state index < -0.39 is 37.0 Å². The molecule has 8 atom stereocenters. The number of pyridine rings is 2. The molecule has 2 N–H and O–H groups in total. The first-order valence-corrected chi connectivity index (χ1v) is 26.0. The average molecular weight is 1120 g/mol. The normalized spacial score (nSPS) is 23.9. The number of fused-ring (bicyclic) bond motifs is 6. The van der Waals surface area contributed by atoms with E-state index in [2.05, 4.69) is 55.7 Å². The third-order valence-corrected chi connectivity index (χ3v) is 15.3. The lowest BCUT2D eigenvalue weighted by Gasteiger charge is -2.24. The third kappa shape index (κ3) is 12.4. The molecule has 422 valence electrons. The highest BCUT2D eigenvalue weighted by Gasteiger charge is 2.56. The van der Waals surface area contributed by atoms with Crippen LogP contribution < -0.4 is 15.4 Å². The molecule has 2 aromatic carbocycles. The highest BCUT2D eigenvalue weighted by molar-refractivity contribution is 6.33. The summed E-state index contributed by atoms with van der Waals surface area (Å²) in [5, 5.41) is 8.55. The fourth-order valence-electron chi connectivity index (χ4n) is 11.7. The molecule has 0 amide bonds. The monoisotopic (exact) mass is 1120 g/mol. The van der Waals surface area contributed by atoms with E-state index in [0.29, 0.717) is 22.1 Å². The van der Waals surface area contributed by atoms with E-state index in [1.54, 1.807) is 31.4 Å². The molecule has 8 aromatic rings. The van der Waals surface area contributed by atoms with Crippen molar-refractivity contribution >= 4 is 67.1 Å². The zero-order valence-electron chi connectivity index (χ0n) is 42.8. The van der Waals surface area contributed by atoms with Gasteiger partial charge in [-0.05, 0) is 138 Å². The molecule has 22 heteroatoms. The lowest BCUT2D eigenvalue weighted by Crippen LogP contribution is -2.27.